The molecule has 0 aliphatic carbocycles. The van der Waals surface area contributed by atoms with Gasteiger partial charge in [-0.2, -0.15) is 0 Å². The number of rotatable bonds is 3. The molecule has 3 heteroatoms. The minimum absolute atomic E-state index is 0.124. The van der Waals surface area contributed by atoms with E-state index in [1.165, 1.54) is 0 Å². The van der Waals surface area contributed by atoms with E-state index < -0.39 is 12.0 Å². The normalized spacial score (nSPS) is 27.7. The van der Waals surface area contributed by atoms with Gasteiger partial charge in [-0.25, -0.2) is 0 Å². The van der Waals surface area contributed by atoms with Crippen LogP contribution >= 0.6 is 0 Å². The average Bonchev–Trinajstić information content (AvgIpc) is 2.39. The summed E-state index contributed by atoms with van der Waals surface area (Å²) in [6, 6.07) is 7.83. The van der Waals surface area contributed by atoms with Gasteiger partial charge in [0.15, 0.2) is 0 Å². The molecule has 96 valence electrons. The number of carboxylic acid groups (broad SMARTS) is 1. The van der Waals surface area contributed by atoms with Crippen LogP contribution in [0, 0.1) is 5.92 Å². The Morgan fingerprint density at radius 3 is 2.61 bits per heavy atom. The van der Waals surface area contributed by atoms with Gasteiger partial charge in [0.25, 0.3) is 0 Å². The molecule has 2 N–H and O–H groups in total. The molecular formula is C15H19NO2. The van der Waals surface area contributed by atoms with Crippen LogP contribution < -0.4 is 5.32 Å². The maximum atomic E-state index is 11.1. The summed E-state index contributed by atoms with van der Waals surface area (Å²) in [6.07, 6.45) is 3.46. The second-order valence-electron chi connectivity index (χ2n) is 4.96. The van der Waals surface area contributed by atoms with Crippen molar-refractivity contribution in [3.8, 4) is 0 Å². The first-order valence-corrected chi connectivity index (χ1v) is 6.33. The molecule has 0 saturated carbocycles. The van der Waals surface area contributed by atoms with Crippen molar-refractivity contribution in [1.29, 1.82) is 0 Å². The van der Waals surface area contributed by atoms with Gasteiger partial charge in [0.1, 0.15) is 6.04 Å². The second-order valence-corrected chi connectivity index (χ2v) is 4.96. The van der Waals surface area contributed by atoms with Gasteiger partial charge in [-0.05, 0) is 29.9 Å². The number of hydrogen-bond donors (Lipinski definition) is 2. The highest BCUT2D eigenvalue weighted by Crippen LogP contribution is 2.31. The third-order valence-corrected chi connectivity index (χ3v) is 3.69. The Labute approximate surface area is 108 Å². The smallest absolute Gasteiger partial charge is 0.320 e. The van der Waals surface area contributed by atoms with Gasteiger partial charge in [-0.1, -0.05) is 43.8 Å². The van der Waals surface area contributed by atoms with Crippen molar-refractivity contribution in [2.45, 2.75) is 31.8 Å². The van der Waals surface area contributed by atoms with Gasteiger partial charge < -0.3 is 5.11 Å². The number of aliphatic carboxylic acids is 1. The molecule has 1 aliphatic heterocycles. The molecular weight excluding hydrogens is 226 g/mol. The Morgan fingerprint density at radius 2 is 2.06 bits per heavy atom. The van der Waals surface area contributed by atoms with Crippen molar-refractivity contribution in [2.75, 3.05) is 0 Å². The molecule has 1 heterocycles. The first-order chi connectivity index (χ1) is 8.61. The van der Waals surface area contributed by atoms with Crippen molar-refractivity contribution < 1.29 is 9.90 Å². The van der Waals surface area contributed by atoms with E-state index >= 15 is 0 Å². The van der Waals surface area contributed by atoms with Crippen LogP contribution in [-0.2, 0) is 4.79 Å². The largest absolute Gasteiger partial charge is 0.480 e. The van der Waals surface area contributed by atoms with Gasteiger partial charge >= 0.3 is 5.97 Å². The van der Waals surface area contributed by atoms with Crippen molar-refractivity contribution in [3.63, 3.8) is 0 Å². The summed E-state index contributed by atoms with van der Waals surface area (Å²) in [5.74, 6) is -0.301. The SMILES string of the molecule is C=Cc1ccc([C@H]2N[C@H](C(=O)O)CC[C@@H]2C)cc1. The maximum Gasteiger partial charge on any atom is 0.320 e. The molecule has 1 saturated heterocycles. The van der Waals surface area contributed by atoms with E-state index in [0.717, 1.165) is 17.5 Å². The molecule has 18 heavy (non-hydrogen) atoms. The minimum Gasteiger partial charge on any atom is -0.480 e. The maximum absolute atomic E-state index is 11.1. The molecule has 1 aromatic carbocycles. The number of benzene rings is 1. The lowest BCUT2D eigenvalue weighted by atomic mass is 9.84. The summed E-state index contributed by atoms with van der Waals surface area (Å²) in [4.78, 5) is 11.1. The molecule has 0 bridgehead atoms. The zero-order valence-electron chi connectivity index (χ0n) is 10.6. The summed E-state index contributed by atoms with van der Waals surface area (Å²) < 4.78 is 0. The molecule has 0 aromatic heterocycles. The number of carbonyl (C=O) groups is 1. The first-order valence-electron chi connectivity index (χ1n) is 6.33. The van der Waals surface area contributed by atoms with E-state index in [-0.39, 0.29) is 6.04 Å². The Bertz CT molecular complexity index is 438. The topological polar surface area (TPSA) is 49.3 Å². The first kappa shape index (κ1) is 12.8. The van der Waals surface area contributed by atoms with Crippen LogP contribution in [0.5, 0.6) is 0 Å². The Morgan fingerprint density at radius 1 is 1.39 bits per heavy atom. The quantitative estimate of drug-likeness (QED) is 0.861. The van der Waals surface area contributed by atoms with E-state index in [9.17, 15) is 4.79 Å². The number of nitrogens with one attached hydrogen (secondary N) is 1. The molecule has 3 nitrogen and oxygen atoms in total. The lowest BCUT2D eigenvalue weighted by Gasteiger charge is -2.34. The van der Waals surface area contributed by atoms with Crippen molar-refractivity contribution >= 4 is 12.0 Å². The van der Waals surface area contributed by atoms with Gasteiger partial charge in [-0.15, -0.1) is 0 Å². The zero-order valence-corrected chi connectivity index (χ0v) is 10.6. The monoisotopic (exact) mass is 245 g/mol. The number of hydrogen-bond acceptors (Lipinski definition) is 2. The fourth-order valence-corrected chi connectivity index (χ4v) is 2.52. The third kappa shape index (κ3) is 2.62. The van der Waals surface area contributed by atoms with Crippen molar-refractivity contribution in [3.05, 3.63) is 42.0 Å². The highest BCUT2D eigenvalue weighted by molar-refractivity contribution is 5.73. The van der Waals surface area contributed by atoms with Crippen molar-refractivity contribution in [1.82, 2.24) is 5.32 Å². The molecule has 0 radical (unpaired) electrons. The zero-order chi connectivity index (χ0) is 13.1. The highest BCUT2D eigenvalue weighted by Gasteiger charge is 2.31. The summed E-state index contributed by atoms with van der Waals surface area (Å²) in [5.41, 5.74) is 2.23. The van der Waals surface area contributed by atoms with Crippen LogP contribution in [-0.4, -0.2) is 17.1 Å². The lowest BCUT2D eigenvalue weighted by molar-refractivity contribution is -0.140. The molecule has 2 rings (SSSR count). The predicted molar refractivity (Wildman–Crippen MR) is 72.2 cm³/mol. The van der Waals surface area contributed by atoms with Crippen LogP contribution in [0.1, 0.15) is 36.9 Å². The predicted octanol–water partition coefficient (Wildman–Crippen LogP) is 2.84. The van der Waals surface area contributed by atoms with Crippen LogP contribution in [0.25, 0.3) is 6.08 Å². The fraction of sp³-hybridized carbons (Fsp3) is 0.400. The summed E-state index contributed by atoms with van der Waals surface area (Å²) in [6.45, 7) is 5.89. The van der Waals surface area contributed by atoms with E-state index in [0.29, 0.717) is 12.3 Å². The van der Waals surface area contributed by atoms with Gasteiger partial charge in [0.05, 0.1) is 0 Å². The molecule has 3 atom stereocenters. The van der Waals surface area contributed by atoms with E-state index in [1.54, 1.807) is 0 Å². The Hall–Kier alpha value is -1.61. The molecule has 0 unspecified atom stereocenters. The van der Waals surface area contributed by atoms with Gasteiger partial charge in [-0.3, -0.25) is 10.1 Å². The molecule has 1 aromatic rings. The fourth-order valence-electron chi connectivity index (χ4n) is 2.52. The van der Waals surface area contributed by atoms with Crippen LogP contribution in [0.3, 0.4) is 0 Å². The van der Waals surface area contributed by atoms with E-state index in [1.807, 2.05) is 18.2 Å². The van der Waals surface area contributed by atoms with Crippen LogP contribution in [0.2, 0.25) is 0 Å². The average molecular weight is 245 g/mol. The highest BCUT2D eigenvalue weighted by atomic mass is 16.4. The summed E-state index contributed by atoms with van der Waals surface area (Å²) >= 11 is 0. The summed E-state index contributed by atoms with van der Waals surface area (Å²) in [7, 11) is 0. The third-order valence-electron chi connectivity index (χ3n) is 3.69. The van der Waals surface area contributed by atoms with Crippen molar-refractivity contribution in [2.24, 2.45) is 5.92 Å². The molecule has 0 amide bonds. The standard InChI is InChI=1S/C15H19NO2/c1-3-11-5-7-12(8-6-11)14-10(2)4-9-13(16-14)15(17)18/h3,5-8,10,13-14,16H,1,4,9H2,2H3,(H,17,18)/t10-,13-,14-/m0/s1. The Kier molecular flexibility index (Phi) is 3.82. The number of carboxylic acids is 1. The van der Waals surface area contributed by atoms with Gasteiger partial charge in [0, 0.05) is 6.04 Å². The second kappa shape index (κ2) is 5.36. The van der Waals surface area contributed by atoms with Crippen LogP contribution in [0.15, 0.2) is 30.8 Å². The molecule has 1 aliphatic rings. The Balaban J connectivity index is 2.18. The molecule has 0 spiro atoms. The summed E-state index contributed by atoms with van der Waals surface area (Å²) in [5, 5.41) is 12.3. The van der Waals surface area contributed by atoms with E-state index in [4.69, 9.17) is 5.11 Å². The van der Waals surface area contributed by atoms with E-state index in [2.05, 4.69) is 31.0 Å². The minimum atomic E-state index is -0.755. The molecule has 1 fully saturated rings. The number of piperidine rings is 1. The van der Waals surface area contributed by atoms with Crippen LogP contribution in [0.4, 0.5) is 0 Å². The van der Waals surface area contributed by atoms with Gasteiger partial charge in [0.2, 0.25) is 0 Å². The lowest BCUT2D eigenvalue weighted by Crippen LogP contribution is -2.45.